The minimum atomic E-state index is -0.328. The van der Waals surface area contributed by atoms with Crippen molar-refractivity contribution in [3.63, 3.8) is 0 Å². The van der Waals surface area contributed by atoms with Crippen LogP contribution in [0, 0.1) is 5.41 Å². The molecule has 0 spiro atoms. The van der Waals surface area contributed by atoms with E-state index in [-0.39, 0.29) is 5.54 Å². The fourth-order valence-corrected chi connectivity index (χ4v) is 4.33. The van der Waals surface area contributed by atoms with Crippen molar-refractivity contribution in [2.45, 2.75) is 51.5 Å². The molecule has 0 radical (unpaired) electrons. The van der Waals surface area contributed by atoms with Gasteiger partial charge in [-0.15, -0.1) is 10.2 Å². The van der Waals surface area contributed by atoms with Crippen molar-refractivity contribution >= 4 is 5.69 Å². The first-order valence-electron chi connectivity index (χ1n) is 9.47. The maximum atomic E-state index is 5.70. The molecule has 0 amide bonds. The lowest BCUT2D eigenvalue weighted by Gasteiger charge is -2.48. The number of benzene rings is 1. The number of ether oxygens (including phenoxy) is 1. The molecule has 4 rings (SSSR count). The molecule has 1 aromatic heterocycles. The van der Waals surface area contributed by atoms with Crippen molar-refractivity contribution in [1.82, 2.24) is 20.6 Å². The van der Waals surface area contributed by atoms with Crippen LogP contribution in [0.2, 0.25) is 0 Å². The molecule has 1 fully saturated rings. The fourth-order valence-electron chi connectivity index (χ4n) is 4.33. The number of para-hydroxylation sites is 1. The van der Waals surface area contributed by atoms with E-state index >= 15 is 0 Å². The van der Waals surface area contributed by atoms with E-state index in [0.717, 1.165) is 31.5 Å². The molecule has 0 atom stereocenters. The van der Waals surface area contributed by atoms with Crippen LogP contribution >= 0.6 is 0 Å². The summed E-state index contributed by atoms with van der Waals surface area (Å²) in [4.78, 5) is 2.47. The number of aromatic nitrogens is 4. The van der Waals surface area contributed by atoms with Crippen molar-refractivity contribution in [2.24, 2.45) is 5.41 Å². The van der Waals surface area contributed by atoms with Crippen LogP contribution in [-0.2, 0) is 10.3 Å². The predicted octanol–water partition coefficient (Wildman–Crippen LogP) is 3.81. The topological polar surface area (TPSA) is 66.9 Å². The average Bonchev–Trinajstić information content (AvgIpc) is 3.18. The molecule has 138 valence electrons. The number of nitrogens with zero attached hydrogens (tertiary/aromatic N) is 4. The lowest BCUT2D eigenvalue weighted by atomic mass is 9.77. The van der Waals surface area contributed by atoms with Gasteiger partial charge in [-0.3, -0.25) is 0 Å². The number of allylic oxidation sites excluding steroid dienone is 2. The summed E-state index contributed by atoms with van der Waals surface area (Å²) in [5.74, 6) is 0.758. The number of rotatable bonds is 4. The Morgan fingerprint density at radius 2 is 1.85 bits per heavy atom. The summed E-state index contributed by atoms with van der Waals surface area (Å²) in [6.45, 7) is 6.12. The molecule has 1 aliphatic heterocycles. The number of nitrogens with one attached hydrogen (secondary N) is 1. The molecule has 0 unspecified atom stereocenters. The second kappa shape index (κ2) is 6.83. The van der Waals surface area contributed by atoms with Crippen LogP contribution in [0.3, 0.4) is 0 Å². The Morgan fingerprint density at radius 3 is 2.50 bits per heavy atom. The highest BCUT2D eigenvalue weighted by atomic mass is 16.5. The second-order valence-electron chi connectivity index (χ2n) is 8.13. The average molecular weight is 353 g/mol. The van der Waals surface area contributed by atoms with Crippen molar-refractivity contribution in [3.8, 4) is 0 Å². The standard InChI is InChI=1S/C20H27N5O/c1-19(2)10-6-9-17(15-19)25(16-7-4-3-5-8-16)20(11-13-26-14-12-20)18-21-23-24-22-18/h3-5,7-9H,6,10-15H2,1-2H3,(H,21,22,23,24). The van der Waals surface area contributed by atoms with E-state index in [2.05, 4.69) is 75.8 Å². The van der Waals surface area contributed by atoms with Crippen LogP contribution in [0.5, 0.6) is 0 Å². The molecule has 0 bridgehead atoms. The maximum absolute atomic E-state index is 5.70. The molecule has 1 aliphatic carbocycles. The van der Waals surface area contributed by atoms with Gasteiger partial charge in [0.05, 0.1) is 0 Å². The minimum Gasteiger partial charge on any atom is -0.381 e. The fraction of sp³-hybridized carbons (Fsp3) is 0.550. The maximum Gasteiger partial charge on any atom is 0.200 e. The summed E-state index contributed by atoms with van der Waals surface area (Å²) in [6.07, 6.45) is 7.46. The Hall–Kier alpha value is -2.21. The highest BCUT2D eigenvalue weighted by molar-refractivity contribution is 5.56. The van der Waals surface area contributed by atoms with Crippen LogP contribution in [-0.4, -0.2) is 33.8 Å². The Labute approximate surface area is 154 Å². The molecule has 1 saturated heterocycles. The Bertz CT molecular complexity index is 748. The third-order valence-corrected chi connectivity index (χ3v) is 5.67. The zero-order chi connectivity index (χ0) is 18.0. The van der Waals surface area contributed by atoms with Gasteiger partial charge in [-0.1, -0.05) is 43.3 Å². The number of aromatic amines is 1. The summed E-state index contributed by atoms with van der Waals surface area (Å²) in [7, 11) is 0. The van der Waals surface area contributed by atoms with Crippen molar-refractivity contribution < 1.29 is 4.74 Å². The molecule has 2 aromatic rings. The Morgan fingerprint density at radius 1 is 1.08 bits per heavy atom. The molecule has 1 aromatic carbocycles. The molecule has 6 heteroatoms. The molecule has 2 aliphatic rings. The van der Waals surface area contributed by atoms with Crippen LogP contribution in [0.4, 0.5) is 5.69 Å². The lowest BCUT2D eigenvalue weighted by molar-refractivity contribution is 0.0468. The zero-order valence-corrected chi connectivity index (χ0v) is 15.6. The molecular weight excluding hydrogens is 326 g/mol. The van der Waals surface area contributed by atoms with E-state index < -0.39 is 0 Å². The smallest absolute Gasteiger partial charge is 0.200 e. The second-order valence-corrected chi connectivity index (χ2v) is 8.13. The summed E-state index contributed by atoms with van der Waals surface area (Å²) in [5, 5.41) is 15.4. The summed E-state index contributed by atoms with van der Waals surface area (Å²) in [5.41, 5.74) is 2.51. The van der Waals surface area contributed by atoms with Gasteiger partial charge in [-0.2, -0.15) is 5.21 Å². The quantitative estimate of drug-likeness (QED) is 0.905. The van der Waals surface area contributed by atoms with Gasteiger partial charge in [0.2, 0.25) is 5.82 Å². The van der Waals surface area contributed by atoms with E-state index in [1.807, 2.05) is 0 Å². The number of hydrogen-bond acceptors (Lipinski definition) is 5. The van der Waals surface area contributed by atoms with Gasteiger partial charge in [-0.05, 0) is 36.8 Å². The number of tetrazole rings is 1. The highest BCUT2D eigenvalue weighted by Crippen LogP contribution is 2.46. The van der Waals surface area contributed by atoms with E-state index in [1.54, 1.807) is 0 Å². The third kappa shape index (κ3) is 3.14. The monoisotopic (exact) mass is 353 g/mol. The van der Waals surface area contributed by atoms with Gasteiger partial charge < -0.3 is 9.64 Å². The van der Waals surface area contributed by atoms with Gasteiger partial charge in [0.15, 0.2) is 0 Å². The van der Waals surface area contributed by atoms with Gasteiger partial charge >= 0.3 is 0 Å². The molecule has 0 saturated carbocycles. The van der Waals surface area contributed by atoms with Crippen LogP contribution in [0.15, 0.2) is 42.1 Å². The van der Waals surface area contributed by atoms with Crippen LogP contribution in [0.1, 0.15) is 51.8 Å². The number of hydrogen-bond donors (Lipinski definition) is 1. The molecule has 26 heavy (non-hydrogen) atoms. The van der Waals surface area contributed by atoms with Crippen LogP contribution in [0.25, 0.3) is 0 Å². The minimum absolute atomic E-state index is 0.292. The Balaban J connectivity index is 1.85. The SMILES string of the molecule is CC1(C)CCC=C(N(c2ccccc2)C2(c3nn[nH]n3)CCOCC2)C1. The molecule has 1 N–H and O–H groups in total. The molecule has 2 heterocycles. The summed E-state index contributed by atoms with van der Waals surface area (Å²) >= 11 is 0. The number of anilines is 1. The molecule has 6 nitrogen and oxygen atoms in total. The lowest BCUT2D eigenvalue weighted by Crippen LogP contribution is -2.51. The third-order valence-electron chi connectivity index (χ3n) is 5.67. The largest absolute Gasteiger partial charge is 0.381 e. The van der Waals surface area contributed by atoms with E-state index in [9.17, 15) is 0 Å². The first kappa shape index (κ1) is 17.2. The van der Waals surface area contributed by atoms with Gasteiger partial charge in [0, 0.05) is 37.4 Å². The van der Waals surface area contributed by atoms with Gasteiger partial charge in [0.1, 0.15) is 5.54 Å². The summed E-state index contributed by atoms with van der Waals surface area (Å²) in [6, 6.07) is 10.6. The molecular formula is C20H27N5O. The predicted molar refractivity (Wildman–Crippen MR) is 101 cm³/mol. The van der Waals surface area contributed by atoms with Gasteiger partial charge in [-0.25, -0.2) is 0 Å². The first-order valence-corrected chi connectivity index (χ1v) is 9.47. The van der Waals surface area contributed by atoms with E-state index in [4.69, 9.17) is 4.74 Å². The van der Waals surface area contributed by atoms with Crippen molar-refractivity contribution in [2.75, 3.05) is 18.1 Å². The normalized spacial score (nSPS) is 21.8. The number of H-pyrrole nitrogens is 1. The zero-order valence-electron chi connectivity index (χ0n) is 15.6. The Kier molecular flexibility index (Phi) is 4.53. The van der Waals surface area contributed by atoms with Crippen LogP contribution < -0.4 is 4.90 Å². The highest BCUT2D eigenvalue weighted by Gasteiger charge is 2.46. The summed E-state index contributed by atoms with van der Waals surface area (Å²) < 4.78 is 5.70. The van der Waals surface area contributed by atoms with E-state index in [1.165, 1.54) is 17.8 Å². The first-order chi connectivity index (χ1) is 12.6. The van der Waals surface area contributed by atoms with Crippen molar-refractivity contribution in [1.29, 1.82) is 0 Å². The van der Waals surface area contributed by atoms with Gasteiger partial charge in [0.25, 0.3) is 0 Å². The van der Waals surface area contributed by atoms with E-state index in [0.29, 0.717) is 18.6 Å². The van der Waals surface area contributed by atoms with Crippen molar-refractivity contribution in [3.05, 3.63) is 47.9 Å².